The van der Waals surface area contributed by atoms with Gasteiger partial charge >= 0.3 is 0 Å². The van der Waals surface area contributed by atoms with Crippen LogP contribution in [0.2, 0.25) is 0 Å². The largest absolute Gasteiger partial charge is 0.492 e. The van der Waals surface area contributed by atoms with Gasteiger partial charge in [-0.1, -0.05) is 30.3 Å². The first kappa shape index (κ1) is 22.1. The summed E-state index contributed by atoms with van der Waals surface area (Å²) in [5, 5.41) is 2.73. The van der Waals surface area contributed by atoms with Gasteiger partial charge in [0.25, 0.3) is 15.6 Å². The molecule has 31 heavy (non-hydrogen) atoms. The van der Waals surface area contributed by atoms with Crippen molar-refractivity contribution in [1.82, 2.24) is 4.57 Å². The standard InChI is InChI=1S/C22H23N3O5S/c1-3-30-20-12-8-7-11-18(20)23-21(26)15-25-16(2)13-14-19(22(25)27)24-31(28,29)17-9-5-4-6-10-17/h4-14,24H,3,15H2,1-2H3,(H,23,26). The first-order valence-electron chi connectivity index (χ1n) is 9.62. The van der Waals surface area contributed by atoms with E-state index in [0.717, 1.165) is 0 Å². The van der Waals surface area contributed by atoms with Gasteiger partial charge < -0.3 is 14.6 Å². The molecule has 1 amide bonds. The molecule has 2 N–H and O–H groups in total. The van der Waals surface area contributed by atoms with Gasteiger partial charge in [-0.2, -0.15) is 0 Å². The number of ether oxygens (including phenoxy) is 1. The zero-order valence-corrected chi connectivity index (χ0v) is 18.0. The van der Waals surface area contributed by atoms with Crippen molar-refractivity contribution >= 4 is 27.3 Å². The highest BCUT2D eigenvalue weighted by atomic mass is 32.2. The molecule has 8 nitrogen and oxygen atoms in total. The molecule has 0 aliphatic rings. The number of hydrogen-bond donors (Lipinski definition) is 2. The summed E-state index contributed by atoms with van der Waals surface area (Å²) >= 11 is 0. The highest BCUT2D eigenvalue weighted by molar-refractivity contribution is 7.92. The summed E-state index contributed by atoms with van der Waals surface area (Å²) < 4.78 is 34.1. The van der Waals surface area contributed by atoms with Crippen LogP contribution in [0, 0.1) is 6.92 Å². The van der Waals surface area contributed by atoms with Crippen LogP contribution in [0.5, 0.6) is 5.75 Å². The molecular weight excluding hydrogens is 418 g/mol. The van der Waals surface area contributed by atoms with Crippen molar-refractivity contribution in [3.63, 3.8) is 0 Å². The molecule has 1 aromatic heterocycles. The fraction of sp³-hybridized carbons (Fsp3) is 0.182. The Morgan fingerprint density at radius 1 is 0.968 bits per heavy atom. The van der Waals surface area contributed by atoms with Crippen molar-refractivity contribution in [2.45, 2.75) is 25.3 Å². The smallest absolute Gasteiger partial charge is 0.275 e. The van der Waals surface area contributed by atoms with Crippen LogP contribution in [0.1, 0.15) is 12.6 Å². The van der Waals surface area contributed by atoms with Gasteiger partial charge in [0.2, 0.25) is 5.91 Å². The molecule has 3 rings (SSSR count). The zero-order valence-electron chi connectivity index (χ0n) is 17.2. The molecule has 0 fully saturated rings. The highest BCUT2D eigenvalue weighted by Gasteiger charge is 2.18. The first-order chi connectivity index (χ1) is 14.8. The van der Waals surface area contributed by atoms with Crippen molar-refractivity contribution in [2.75, 3.05) is 16.6 Å². The van der Waals surface area contributed by atoms with Crippen LogP contribution in [-0.2, 0) is 21.4 Å². The van der Waals surface area contributed by atoms with Crippen LogP contribution in [0.4, 0.5) is 11.4 Å². The van der Waals surface area contributed by atoms with Gasteiger partial charge in [0, 0.05) is 5.69 Å². The molecule has 9 heteroatoms. The van der Waals surface area contributed by atoms with Crippen LogP contribution < -0.4 is 20.3 Å². The Hall–Kier alpha value is -3.59. The molecule has 0 radical (unpaired) electrons. The van der Waals surface area contributed by atoms with Gasteiger partial charge in [0.15, 0.2) is 0 Å². The average Bonchev–Trinajstić information content (AvgIpc) is 2.75. The van der Waals surface area contributed by atoms with Gasteiger partial charge in [0.1, 0.15) is 18.0 Å². The number of benzene rings is 2. The summed E-state index contributed by atoms with van der Waals surface area (Å²) in [6.45, 7) is 3.66. The number of amides is 1. The van der Waals surface area contributed by atoms with Crippen molar-refractivity contribution < 1.29 is 17.9 Å². The van der Waals surface area contributed by atoms with E-state index in [2.05, 4.69) is 10.0 Å². The molecule has 1 heterocycles. The number of para-hydroxylation sites is 2. The molecule has 0 aliphatic heterocycles. The molecule has 3 aromatic rings. The number of sulfonamides is 1. The normalized spacial score (nSPS) is 11.0. The number of pyridine rings is 1. The predicted octanol–water partition coefficient (Wildman–Crippen LogP) is 2.99. The second kappa shape index (κ2) is 9.48. The highest BCUT2D eigenvalue weighted by Crippen LogP contribution is 2.23. The van der Waals surface area contributed by atoms with Gasteiger partial charge in [-0.05, 0) is 50.2 Å². The van der Waals surface area contributed by atoms with E-state index in [1.807, 2.05) is 6.92 Å². The van der Waals surface area contributed by atoms with E-state index in [0.29, 0.717) is 23.7 Å². The number of carbonyl (C=O) groups excluding carboxylic acids is 1. The lowest BCUT2D eigenvalue weighted by Crippen LogP contribution is -2.31. The number of rotatable bonds is 8. The fourth-order valence-corrected chi connectivity index (χ4v) is 4.01. The lowest BCUT2D eigenvalue weighted by atomic mass is 10.3. The maximum atomic E-state index is 12.9. The van der Waals surface area contributed by atoms with Crippen molar-refractivity contribution in [1.29, 1.82) is 0 Å². The van der Waals surface area contributed by atoms with E-state index in [9.17, 15) is 18.0 Å². The van der Waals surface area contributed by atoms with Gasteiger partial charge in [0.05, 0.1) is 17.2 Å². The lowest BCUT2D eigenvalue weighted by molar-refractivity contribution is -0.116. The molecule has 0 unspecified atom stereocenters. The van der Waals surface area contributed by atoms with Crippen LogP contribution in [0.3, 0.4) is 0 Å². The predicted molar refractivity (Wildman–Crippen MR) is 119 cm³/mol. The maximum absolute atomic E-state index is 12.9. The summed E-state index contributed by atoms with van der Waals surface area (Å²) in [7, 11) is -3.93. The number of carbonyl (C=O) groups is 1. The Balaban J connectivity index is 1.83. The fourth-order valence-electron chi connectivity index (χ4n) is 2.93. The van der Waals surface area contributed by atoms with Gasteiger partial charge in [-0.15, -0.1) is 0 Å². The topological polar surface area (TPSA) is 106 Å². The SMILES string of the molecule is CCOc1ccccc1NC(=O)Cn1c(C)ccc(NS(=O)(=O)c2ccccc2)c1=O. The number of aryl methyl sites for hydroxylation is 1. The van der Waals surface area contributed by atoms with E-state index < -0.39 is 21.5 Å². The molecule has 0 saturated carbocycles. The molecule has 0 bridgehead atoms. The van der Waals surface area contributed by atoms with E-state index in [1.165, 1.54) is 22.8 Å². The van der Waals surface area contributed by atoms with Crippen LogP contribution in [0.15, 0.2) is 76.4 Å². The molecule has 0 aliphatic carbocycles. The minimum absolute atomic E-state index is 0.0341. The second-order valence-corrected chi connectivity index (χ2v) is 8.36. The Morgan fingerprint density at radius 2 is 1.65 bits per heavy atom. The summed E-state index contributed by atoms with van der Waals surface area (Å²) in [5.41, 5.74) is 0.242. The Bertz CT molecular complexity index is 1240. The molecule has 162 valence electrons. The molecule has 2 aromatic carbocycles. The van der Waals surface area contributed by atoms with E-state index in [1.54, 1.807) is 55.5 Å². The second-order valence-electron chi connectivity index (χ2n) is 6.68. The number of anilines is 2. The Kier molecular flexibility index (Phi) is 6.76. The monoisotopic (exact) mass is 441 g/mol. The number of hydrogen-bond acceptors (Lipinski definition) is 5. The van der Waals surface area contributed by atoms with Crippen molar-refractivity contribution in [3.05, 3.63) is 82.8 Å². The summed E-state index contributed by atoms with van der Waals surface area (Å²) in [4.78, 5) is 25.5. The Morgan fingerprint density at radius 3 is 2.35 bits per heavy atom. The summed E-state index contributed by atoms with van der Waals surface area (Å²) in [5.74, 6) is 0.0761. The minimum atomic E-state index is -3.93. The summed E-state index contributed by atoms with van der Waals surface area (Å²) in [6.07, 6.45) is 0. The van der Waals surface area contributed by atoms with Crippen LogP contribution in [0.25, 0.3) is 0 Å². The third-order valence-electron chi connectivity index (χ3n) is 4.45. The average molecular weight is 442 g/mol. The lowest BCUT2D eigenvalue weighted by Gasteiger charge is -2.15. The molecule has 0 spiro atoms. The van der Waals surface area contributed by atoms with Crippen LogP contribution in [-0.4, -0.2) is 25.5 Å². The van der Waals surface area contributed by atoms with E-state index >= 15 is 0 Å². The van der Waals surface area contributed by atoms with Crippen LogP contribution >= 0.6 is 0 Å². The molecule has 0 saturated heterocycles. The Labute approximate surface area is 180 Å². The third-order valence-corrected chi connectivity index (χ3v) is 5.83. The first-order valence-corrected chi connectivity index (χ1v) is 11.1. The number of nitrogens with zero attached hydrogens (tertiary/aromatic N) is 1. The third kappa shape index (κ3) is 5.32. The van der Waals surface area contributed by atoms with Gasteiger partial charge in [-0.3, -0.25) is 14.3 Å². The number of aromatic nitrogens is 1. The minimum Gasteiger partial charge on any atom is -0.492 e. The van der Waals surface area contributed by atoms with Gasteiger partial charge in [-0.25, -0.2) is 8.42 Å². The molecular formula is C22H23N3O5S. The van der Waals surface area contributed by atoms with E-state index in [-0.39, 0.29) is 17.1 Å². The quantitative estimate of drug-likeness (QED) is 0.559. The van der Waals surface area contributed by atoms with Crippen molar-refractivity contribution in [2.24, 2.45) is 0 Å². The molecule has 0 atom stereocenters. The maximum Gasteiger partial charge on any atom is 0.275 e. The zero-order chi connectivity index (χ0) is 22.4. The van der Waals surface area contributed by atoms with E-state index in [4.69, 9.17) is 4.74 Å². The number of nitrogens with one attached hydrogen (secondary N) is 2. The summed E-state index contributed by atoms with van der Waals surface area (Å²) in [6, 6.07) is 17.7. The van der Waals surface area contributed by atoms with Crippen molar-refractivity contribution in [3.8, 4) is 5.75 Å².